The molecule has 0 unspecified atom stereocenters. The van der Waals surface area contributed by atoms with Gasteiger partial charge in [-0.25, -0.2) is 13.2 Å². The van der Waals surface area contributed by atoms with Gasteiger partial charge in [0.05, 0.1) is 13.7 Å². The highest BCUT2D eigenvalue weighted by Gasteiger charge is 2.31. The fraction of sp³-hybridized carbons (Fsp3) is 0.519. The molecule has 194 valence electrons. The van der Waals surface area contributed by atoms with Crippen molar-refractivity contribution in [3.8, 4) is 5.75 Å². The van der Waals surface area contributed by atoms with Crippen LogP contribution < -0.4 is 4.74 Å². The molecule has 5 rings (SSSR count). The van der Waals surface area contributed by atoms with Gasteiger partial charge in [0.15, 0.2) is 0 Å². The monoisotopic (exact) mass is 513 g/mol. The van der Waals surface area contributed by atoms with Crippen molar-refractivity contribution in [1.29, 1.82) is 0 Å². The second kappa shape index (κ2) is 10.8. The molecular formula is C27H35N3O5S. The Morgan fingerprint density at radius 3 is 2.28 bits per heavy atom. The molecule has 0 bridgehead atoms. The largest absolute Gasteiger partial charge is 0.492 e. The number of nitrogens with zero attached hydrogens (tertiary/aromatic N) is 3. The zero-order valence-corrected chi connectivity index (χ0v) is 21.7. The summed E-state index contributed by atoms with van der Waals surface area (Å²) in [5.41, 5.74) is 3.64. The first-order chi connectivity index (χ1) is 17.4. The number of piperidine rings is 1. The van der Waals surface area contributed by atoms with Gasteiger partial charge in [-0.1, -0.05) is 30.3 Å². The van der Waals surface area contributed by atoms with Crippen molar-refractivity contribution in [2.45, 2.75) is 50.2 Å². The molecule has 9 heteroatoms. The van der Waals surface area contributed by atoms with Crippen LogP contribution in [0.15, 0.2) is 47.4 Å². The average Bonchev–Trinajstić information content (AvgIpc) is 3.58. The van der Waals surface area contributed by atoms with Crippen LogP contribution in [0.25, 0.3) is 0 Å². The second-order valence-electron chi connectivity index (χ2n) is 10.0. The highest BCUT2D eigenvalue weighted by Crippen LogP contribution is 2.32. The molecule has 2 aromatic rings. The molecule has 0 N–H and O–H groups in total. The number of methoxy groups -OCH3 is 1. The van der Waals surface area contributed by atoms with Crippen LogP contribution in [-0.2, 0) is 34.4 Å². The van der Waals surface area contributed by atoms with E-state index in [0.717, 1.165) is 44.3 Å². The second-order valence-corrected chi connectivity index (χ2v) is 11.9. The lowest BCUT2D eigenvalue weighted by molar-refractivity contribution is 0.0961. The fourth-order valence-corrected chi connectivity index (χ4v) is 7.13. The van der Waals surface area contributed by atoms with Crippen molar-refractivity contribution >= 4 is 16.1 Å². The summed E-state index contributed by atoms with van der Waals surface area (Å²) in [7, 11) is -2.24. The van der Waals surface area contributed by atoms with Crippen molar-refractivity contribution in [1.82, 2.24) is 14.1 Å². The van der Waals surface area contributed by atoms with E-state index in [9.17, 15) is 13.2 Å². The smallest absolute Gasteiger partial charge is 0.409 e. The maximum Gasteiger partial charge on any atom is 0.409 e. The Morgan fingerprint density at radius 1 is 0.972 bits per heavy atom. The molecule has 36 heavy (non-hydrogen) atoms. The van der Waals surface area contributed by atoms with Crippen molar-refractivity contribution < 1.29 is 22.7 Å². The van der Waals surface area contributed by atoms with Gasteiger partial charge >= 0.3 is 6.09 Å². The summed E-state index contributed by atoms with van der Waals surface area (Å²) in [5, 5.41) is 0. The van der Waals surface area contributed by atoms with Crippen LogP contribution in [0, 0.1) is 5.92 Å². The predicted octanol–water partition coefficient (Wildman–Crippen LogP) is 3.84. The topological polar surface area (TPSA) is 79.4 Å². The molecule has 2 saturated heterocycles. The van der Waals surface area contributed by atoms with Gasteiger partial charge in [-0.05, 0) is 60.4 Å². The Morgan fingerprint density at radius 2 is 1.64 bits per heavy atom. The summed E-state index contributed by atoms with van der Waals surface area (Å²) < 4.78 is 39.8. The highest BCUT2D eigenvalue weighted by molar-refractivity contribution is 7.89. The minimum Gasteiger partial charge on any atom is -0.492 e. The summed E-state index contributed by atoms with van der Waals surface area (Å²) in [6, 6.07) is 14.1. The predicted molar refractivity (Wildman–Crippen MR) is 136 cm³/mol. The fourth-order valence-electron chi connectivity index (χ4n) is 5.43. The van der Waals surface area contributed by atoms with E-state index in [-0.39, 0.29) is 16.9 Å². The number of fused-ring (bicyclic) bond motifs is 1. The zero-order chi connectivity index (χ0) is 25.1. The number of likely N-dealkylation sites (tertiary alicyclic amines) is 1. The number of carbonyl (C=O) groups excluding carboxylic acids is 1. The maximum absolute atomic E-state index is 13.6. The van der Waals surface area contributed by atoms with Crippen LogP contribution >= 0.6 is 0 Å². The molecule has 0 saturated carbocycles. The van der Waals surface area contributed by atoms with Gasteiger partial charge in [-0.2, -0.15) is 4.31 Å². The normalized spacial score (nSPS) is 19.4. The van der Waals surface area contributed by atoms with E-state index < -0.39 is 10.0 Å². The molecule has 8 nitrogen and oxygen atoms in total. The Labute approximate surface area is 213 Å². The van der Waals surface area contributed by atoms with Gasteiger partial charge in [0.25, 0.3) is 0 Å². The number of hydrogen-bond donors (Lipinski definition) is 0. The minimum atomic E-state index is -3.64. The third kappa shape index (κ3) is 5.38. The van der Waals surface area contributed by atoms with Crippen LogP contribution in [-0.4, -0.2) is 68.5 Å². The van der Waals surface area contributed by atoms with E-state index in [1.165, 1.54) is 18.2 Å². The summed E-state index contributed by atoms with van der Waals surface area (Å²) in [6.07, 6.45) is 3.08. The quantitative estimate of drug-likeness (QED) is 0.560. The summed E-state index contributed by atoms with van der Waals surface area (Å²) in [6.45, 7) is 5.20. The van der Waals surface area contributed by atoms with E-state index >= 15 is 0 Å². The third-order valence-electron chi connectivity index (χ3n) is 7.53. The zero-order valence-electron chi connectivity index (χ0n) is 20.9. The Bertz CT molecular complexity index is 1160. The first-order valence-electron chi connectivity index (χ1n) is 12.8. The lowest BCUT2D eigenvalue weighted by Gasteiger charge is -2.31. The highest BCUT2D eigenvalue weighted by atomic mass is 32.2. The lowest BCUT2D eigenvalue weighted by Crippen LogP contribution is -2.39. The van der Waals surface area contributed by atoms with Crippen molar-refractivity contribution in [3.63, 3.8) is 0 Å². The van der Waals surface area contributed by atoms with Gasteiger partial charge in [0, 0.05) is 45.8 Å². The molecule has 0 spiro atoms. The number of ether oxygens (including phenoxy) is 2. The first kappa shape index (κ1) is 25.0. The van der Waals surface area contributed by atoms with Gasteiger partial charge in [-0.3, -0.25) is 4.90 Å². The van der Waals surface area contributed by atoms with E-state index in [0.29, 0.717) is 45.1 Å². The molecule has 0 aliphatic carbocycles. The maximum atomic E-state index is 13.6. The Kier molecular flexibility index (Phi) is 7.50. The summed E-state index contributed by atoms with van der Waals surface area (Å²) in [4.78, 5) is 16.1. The van der Waals surface area contributed by atoms with Crippen LogP contribution in [0.1, 0.15) is 42.4 Å². The van der Waals surface area contributed by atoms with Crippen molar-refractivity contribution in [2.24, 2.45) is 5.92 Å². The molecule has 3 aliphatic heterocycles. The number of hydrogen-bond acceptors (Lipinski definition) is 6. The Hall–Kier alpha value is -2.62. The molecule has 2 aromatic carbocycles. The molecule has 0 aromatic heterocycles. The average molecular weight is 514 g/mol. The Balaban J connectivity index is 1.30. The van der Waals surface area contributed by atoms with Crippen molar-refractivity contribution in [3.05, 3.63) is 59.2 Å². The van der Waals surface area contributed by atoms with Crippen LogP contribution in [0.5, 0.6) is 5.75 Å². The number of benzene rings is 2. The third-order valence-corrected chi connectivity index (χ3v) is 9.45. The lowest BCUT2D eigenvalue weighted by atomic mass is 9.98. The van der Waals surface area contributed by atoms with Crippen molar-refractivity contribution in [2.75, 3.05) is 39.9 Å². The molecule has 0 atom stereocenters. The molecule has 3 aliphatic rings. The number of rotatable bonds is 7. The summed E-state index contributed by atoms with van der Waals surface area (Å²) in [5.74, 6) is 0.682. The molecule has 1 amide bonds. The number of amides is 1. The van der Waals surface area contributed by atoms with Crippen LogP contribution in [0.2, 0.25) is 0 Å². The van der Waals surface area contributed by atoms with E-state index in [1.807, 2.05) is 18.2 Å². The minimum absolute atomic E-state index is 0.260. The molecule has 0 radical (unpaired) electrons. The van der Waals surface area contributed by atoms with Gasteiger partial charge < -0.3 is 14.4 Å². The number of carbonyl (C=O) groups is 1. The van der Waals surface area contributed by atoms with E-state index in [2.05, 4.69) is 29.2 Å². The molecule has 3 heterocycles. The van der Waals surface area contributed by atoms with Crippen LogP contribution in [0.3, 0.4) is 0 Å². The standard InChI is InChI=1S/C27H35N3O5S/c1-34-27(31)29-14-10-21(11-15-29)20-35-25-9-8-22(16-26(25)36(32,33)30-12-4-5-13-30)17-28-18-23-6-2-3-7-24(23)19-28/h2-3,6-9,16,21H,4-5,10-15,17-20H2,1H3. The SMILES string of the molecule is COC(=O)N1CCC(COc2ccc(CN3Cc4ccccc4C3)cc2S(=O)(=O)N2CCCC2)CC1. The van der Waals surface area contributed by atoms with Crippen LogP contribution in [0.4, 0.5) is 4.79 Å². The van der Waals surface area contributed by atoms with E-state index in [1.54, 1.807) is 9.21 Å². The first-order valence-corrected chi connectivity index (χ1v) is 14.3. The van der Waals surface area contributed by atoms with E-state index in [4.69, 9.17) is 9.47 Å². The van der Waals surface area contributed by atoms with Gasteiger partial charge in [-0.15, -0.1) is 0 Å². The summed E-state index contributed by atoms with van der Waals surface area (Å²) >= 11 is 0. The molecular weight excluding hydrogens is 478 g/mol. The van der Waals surface area contributed by atoms with Gasteiger partial charge in [0.1, 0.15) is 10.6 Å². The number of sulfonamides is 1. The van der Waals surface area contributed by atoms with Gasteiger partial charge in [0.2, 0.25) is 10.0 Å². The molecule has 2 fully saturated rings.